The van der Waals surface area contributed by atoms with Crippen LogP contribution in [0, 0.1) is 0 Å². The summed E-state index contributed by atoms with van der Waals surface area (Å²) in [6.45, 7) is 4.31. The molecule has 1 rings (SSSR count). The lowest BCUT2D eigenvalue weighted by molar-refractivity contribution is 0.0694. The molecule has 0 fully saturated rings. The average Bonchev–Trinajstić information content (AvgIpc) is 2.18. The van der Waals surface area contributed by atoms with E-state index in [1.54, 1.807) is 12.1 Å². The molecule has 3 N–H and O–H groups in total. The maximum absolute atomic E-state index is 10.9. The maximum atomic E-state index is 10.9. The summed E-state index contributed by atoms with van der Waals surface area (Å²) < 4.78 is 0. The van der Waals surface area contributed by atoms with Crippen LogP contribution in [0.25, 0.3) is 0 Å². The van der Waals surface area contributed by atoms with Crippen molar-refractivity contribution in [1.82, 2.24) is 0 Å². The van der Waals surface area contributed by atoms with Crippen molar-refractivity contribution in [2.45, 2.75) is 19.3 Å². The van der Waals surface area contributed by atoms with Crippen molar-refractivity contribution in [1.29, 1.82) is 0 Å². The minimum atomic E-state index is -0.901. The van der Waals surface area contributed by atoms with E-state index >= 15 is 0 Å². The van der Waals surface area contributed by atoms with E-state index in [0.29, 0.717) is 12.1 Å². The summed E-state index contributed by atoms with van der Waals surface area (Å²) in [6.07, 6.45) is 0. The lowest BCUT2D eigenvalue weighted by Gasteiger charge is -2.24. The number of benzene rings is 1. The van der Waals surface area contributed by atoms with Gasteiger partial charge in [-0.1, -0.05) is 32.0 Å². The van der Waals surface area contributed by atoms with E-state index in [0.717, 1.165) is 5.56 Å². The van der Waals surface area contributed by atoms with E-state index in [9.17, 15) is 4.79 Å². The summed E-state index contributed by atoms with van der Waals surface area (Å²) in [4.78, 5) is 10.9. The second kappa shape index (κ2) is 3.80. The van der Waals surface area contributed by atoms with E-state index in [4.69, 9.17) is 10.8 Å². The molecule has 0 atom stereocenters. The Kier molecular flexibility index (Phi) is 2.91. The molecule has 0 saturated heterocycles. The van der Waals surface area contributed by atoms with Crippen LogP contribution in [0.4, 0.5) is 0 Å². The first-order valence-electron chi connectivity index (χ1n) is 4.52. The molecule has 0 bridgehead atoms. The van der Waals surface area contributed by atoms with Crippen LogP contribution in [0.15, 0.2) is 24.3 Å². The van der Waals surface area contributed by atoms with Gasteiger partial charge in [0, 0.05) is 12.0 Å². The van der Waals surface area contributed by atoms with Crippen molar-refractivity contribution in [3.05, 3.63) is 35.4 Å². The first-order chi connectivity index (χ1) is 6.49. The molecular weight excluding hydrogens is 178 g/mol. The maximum Gasteiger partial charge on any atom is 0.335 e. The normalized spacial score (nSPS) is 11.4. The van der Waals surface area contributed by atoms with Crippen LogP contribution in [0.2, 0.25) is 0 Å². The number of carbonyl (C=O) groups is 1. The molecule has 14 heavy (non-hydrogen) atoms. The zero-order valence-corrected chi connectivity index (χ0v) is 8.45. The van der Waals surface area contributed by atoms with Gasteiger partial charge < -0.3 is 10.8 Å². The van der Waals surface area contributed by atoms with Gasteiger partial charge in [-0.15, -0.1) is 0 Å². The lowest BCUT2D eigenvalue weighted by atomic mass is 9.82. The van der Waals surface area contributed by atoms with E-state index in [1.165, 1.54) is 0 Å². The van der Waals surface area contributed by atoms with Crippen LogP contribution >= 0.6 is 0 Å². The number of carboxylic acids is 1. The largest absolute Gasteiger partial charge is 0.478 e. The van der Waals surface area contributed by atoms with Gasteiger partial charge in [-0.2, -0.15) is 0 Å². The van der Waals surface area contributed by atoms with Gasteiger partial charge in [0.05, 0.1) is 5.56 Å². The summed E-state index contributed by atoms with van der Waals surface area (Å²) >= 11 is 0. The average molecular weight is 193 g/mol. The van der Waals surface area contributed by atoms with Crippen LogP contribution < -0.4 is 5.73 Å². The zero-order valence-electron chi connectivity index (χ0n) is 8.45. The second-order valence-electron chi connectivity index (χ2n) is 3.94. The Balaban J connectivity index is 3.27. The molecule has 0 saturated carbocycles. The Morgan fingerprint density at radius 3 is 2.50 bits per heavy atom. The van der Waals surface area contributed by atoms with Crippen molar-refractivity contribution >= 4 is 5.97 Å². The SMILES string of the molecule is CC(C)(CN)c1ccccc1C(=O)O. The quantitative estimate of drug-likeness (QED) is 0.766. The zero-order chi connectivity index (χ0) is 10.8. The molecule has 1 aromatic carbocycles. The minimum Gasteiger partial charge on any atom is -0.478 e. The number of aromatic carboxylic acids is 1. The van der Waals surface area contributed by atoms with Crippen molar-refractivity contribution < 1.29 is 9.90 Å². The molecule has 0 amide bonds. The summed E-state index contributed by atoms with van der Waals surface area (Å²) in [6, 6.07) is 6.98. The van der Waals surface area contributed by atoms with Crippen LogP contribution in [0.1, 0.15) is 29.8 Å². The number of rotatable bonds is 3. The Hall–Kier alpha value is -1.35. The number of nitrogens with two attached hydrogens (primary N) is 1. The molecule has 76 valence electrons. The lowest BCUT2D eigenvalue weighted by Crippen LogP contribution is -2.30. The molecule has 0 unspecified atom stereocenters. The van der Waals surface area contributed by atoms with Crippen molar-refractivity contribution in [2.75, 3.05) is 6.54 Å². The third-order valence-corrected chi connectivity index (χ3v) is 2.40. The number of hydrogen-bond donors (Lipinski definition) is 2. The van der Waals surface area contributed by atoms with E-state index in [-0.39, 0.29) is 5.41 Å². The molecule has 0 radical (unpaired) electrons. The molecule has 0 aromatic heterocycles. The molecule has 1 aromatic rings. The highest BCUT2D eigenvalue weighted by Gasteiger charge is 2.23. The standard InChI is InChI=1S/C11H15NO2/c1-11(2,7-12)9-6-4-3-5-8(9)10(13)14/h3-6H,7,12H2,1-2H3,(H,13,14). The fraction of sp³-hybridized carbons (Fsp3) is 0.364. The Morgan fingerprint density at radius 1 is 1.43 bits per heavy atom. The summed E-state index contributed by atoms with van der Waals surface area (Å²) in [5.74, 6) is -0.901. The molecule has 0 heterocycles. The third-order valence-electron chi connectivity index (χ3n) is 2.40. The molecule has 0 aliphatic heterocycles. The molecule has 0 aliphatic rings. The summed E-state index contributed by atoms with van der Waals surface area (Å²) in [7, 11) is 0. The highest BCUT2D eigenvalue weighted by atomic mass is 16.4. The second-order valence-corrected chi connectivity index (χ2v) is 3.94. The molecule has 0 spiro atoms. The van der Waals surface area contributed by atoms with Gasteiger partial charge in [-0.3, -0.25) is 0 Å². The Morgan fingerprint density at radius 2 is 2.00 bits per heavy atom. The van der Waals surface area contributed by atoms with Gasteiger partial charge in [-0.25, -0.2) is 4.79 Å². The predicted molar refractivity (Wildman–Crippen MR) is 55.5 cm³/mol. The van der Waals surface area contributed by atoms with Crippen molar-refractivity contribution in [3.63, 3.8) is 0 Å². The Bertz CT molecular complexity index is 345. The molecule has 3 nitrogen and oxygen atoms in total. The third kappa shape index (κ3) is 1.93. The summed E-state index contributed by atoms with van der Waals surface area (Å²) in [5.41, 5.74) is 6.44. The van der Waals surface area contributed by atoms with Gasteiger partial charge in [0.2, 0.25) is 0 Å². The van der Waals surface area contributed by atoms with Gasteiger partial charge in [0.25, 0.3) is 0 Å². The molecular formula is C11H15NO2. The first kappa shape index (κ1) is 10.7. The fourth-order valence-electron chi connectivity index (χ4n) is 1.37. The number of carboxylic acid groups (broad SMARTS) is 1. The van der Waals surface area contributed by atoms with Crippen LogP contribution in [-0.4, -0.2) is 17.6 Å². The van der Waals surface area contributed by atoms with Crippen LogP contribution in [0.5, 0.6) is 0 Å². The Labute approximate surface area is 83.6 Å². The van der Waals surface area contributed by atoms with Gasteiger partial charge in [0.1, 0.15) is 0 Å². The van der Waals surface area contributed by atoms with E-state index < -0.39 is 5.97 Å². The van der Waals surface area contributed by atoms with Gasteiger partial charge >= 0.3 is 5.97 Å². The monoisotopic (exact) mass is 193 g/mol. The first-order valence-corrected chi connectivity index (χ1v) is 4.52. The summed E-state index contributed by atoms with van der Waals surface area (Å²) in [5, 5.41) is 8.98. The van der Waals surface area contributed by atoms with Crippen LogP contribution in [-0.2, 0) is 5.41 Å². The highest BCUT2D eigenvalue weighted by molar-refractivity contribution is 5.89. The molecule has 3 heteroatoms. The van der Waals surface area contributed by atoms with Gasteiger partial charge in [0.15, 0.2) is 0 Å². The van der Waals surface area contributed by atoms with Gasteiger partial charge in [-0.05, 0) is 11.6 Å². The van der Waals surface area contributed by atoms with E-state index in [1.807, 2.05) is 26.0 Å². The number of hydrogen-bond acceptors (Lipinski definition) is 2. The van der Waals surface area contributed by atoms with Crippen molar-refractivity contribution in [2.24, 2.45) is 5.73 Å². The molecule has 0 aliphatic carbocycles. The minimum absolute atomic E-state index is 0.297. The van der Waals surface area contributed by atoms with Crippen LogP contribution in [0.3, 0.4) is 0 Å². The smallest absolute Gasteiger partial charge is 0.335 e. The highest BCUT2D eigenvalue weighted by Crippen LogP contribution is 2.25. The topological polar surface area (TPSA) is 63.3 Å². The van der Waals surface area contributed by atoms with E-state index in [2.05, 4.69) is 0 Å². The predicted octanol–water partition coefficient (Wildman–Crippen LogP) is 1.62. The van der Waals surface area contributed by atoms with Crippen molar-refractivity contribution in [3.8, 4) is 0 Å². The fourth-order valence-corrected chi connectivity index (χ4v) is 1.37.